The number of aldehydes is 1. The lowest BCUT2D eigenvalue weighted by atomic mass is 10.1. The van der Waals surface area contributed by atoms with Crippen LogP contribution in [0.5, 0.6) is 5.75 Å². The van der Waals surface area contributed by atoms with Crippen LogP contribution in [0.4, 0.5) is 5.69 Å². The van der Waals surface area contributed by atoms with Gasteiger partial charge in [-0.05, 0) is 55.3 Å². The maximum absolute atomic E-state index is 11.9. The number of hydrogen-bond acceptors (Lipinski definition) is 5. The molecule has 2 aromatic rings. The fraction of sp³-hybridized carbons (Fsp3) is 0.211. The molecule has 130 valence electrons. The van der Waals surface area contributed by atoms with Crippen molar-refractivity contribution in [1.29, 1.82) is 0 Å². The van der Waals surface area contributed by atoms with Gasteiger partial charge in [0.25, 0.3) is 5.91 Å². The van der Waals surface area contributed by atoms with E-state index in [0.29, 0.717) is 23.3 Å². The van der Waals surface area contributed by atoms with Gasteiger partial charge in [0.2, 0.25) is 0 Å². The number of amides is 1. The van der Waals surface area contributed by atoms with Gasteiger partial charge in [-0.25, -0.2) is 4.79 Å². The van der Waals surface area contributed by atoms with Crippen molar-refractivity contribution in [3.05, 3.63) is 59.2 Å². The van der Waals surface area contributed by atoms with Crippen molar-refractivity contribution in [3.8, 4) is 5.75 Å². The number of ether oxygens (including phenoxy) is 2. The average Bonchev–Trinajstić information content (AvgIpc) is 2.61. The van der Waals surface area contributed by atoms with Gasteiger partial charge in [0.05, 0.1) is 0 Å². The van der Waals surface area contributed by atoms with Crippen molar-refractivity contribution < 1.29 is 23.9 Å². The Hall–Kier alpha value is -3.15. The number of nitrogens with one attached hydrogen (secondary N) is 1. The van der Waals surface area contributed by atoms with Crippen molar-refractivity contribution in [2.24, 2.45) is 0 Å². The van der Waals surface area contributed by atoms with Gasteiger partial charge >= 0.3 is 5.97 Å². The quantitative estimate of drug-likeness (QED) is 0.618. The van der Waals surface area contributed by atoms with Crippen LogP contribution in [0.2, 0.25) is 0 Å². The van der Waals surface area contributed by atoms with Crippen LogP contribution < -0.4 is 10.1 Å². The van der Waals surface area contributed by atoms with Crippen LogP contribution in [-0.2, 0) is 14.3 Å². The summed E-state index contributed by atoms with van der Waals surface area (Å²) in [6.07, 6.45) is 0.715. The number of carbonyl (C=O) groups is 3. The van der Waals surface area contributed by atoms with E-state index < -0.39 is 11.9 Å². The molecule has 25 heavy (non-hydrogen) atoms. The summed E-state index contributed by atoms with van der Waals surface area (Å²) in [5.41, 5.74) is 3.14. The minimum Gasteiger partial charge on any atom is -0.482 e. The first-order chi connectivity index (χ1) is 12.0. The van der Waals surface area contributed by atoms with Gasteiger partial charge < -0.3 is 14.8 Å². The SMILES string of the molecule is Cc1ccc(C)c(NC(=O)COC(=O)COc2ccc(C=O)cc2)c1. The van der Waals surface area contributed by atoms with Gasteiger partial charge in [0.1, 0.15) is 12.0 Å². The monoisotopic (exact) mass is 341 g/mol. The molecular weight excluding hydrogens is 322 g/mol. The van der Waals surface area contributed by atoms with E-state index in [0.717, 1.165) is 11.1 Å². The molecule has 0 saturated heterocycles. The van der Waals surface area contributed by atoms with Crippen LogP contribution in [0, 0.1) is 13.8 Å². The average molecular weight is 341 g/mol. The second-order valence-corrected chi connectivity index (χ2v) is 5.50. The maximum atomic E-state index is 11.9. The van der Waals surface area contributed by atoms with Gasteiger partial charge in [-0.3, -0.25) is 9.59 Å². The third-order valence-corrected chi connectivity index (χ3v) is 3.40. The first-order valence-corrected chi connectivity index (χ1v) is 7.68. The molecule has 2 rings (SSSR count). The number of anilines is 1. The maximum Gasteiger partial charge on any atom is 0.344 e. The van der Waals surface area contributed by atoms with Crippen molar-refractivity contribution in [2.45, 2.75) is 13.8 Å². The summed E-state index contributed by atoms with van der Waals surface area (Å²) in [5.74, 6) is -0.643. The highest BCUT2D eigenvalue weighted by atomic mass is 16.6. The van der Waals surface area contributed by atoms with Gasteiger partial charge in [-0.2, -0.15) is 0 Å². The first kappa shape index (κ1) is 18.2. The molecule has 0 unspecified atom stereocenters. The molecule has 6 heteroatoms. The Kier molecular flexibility index (Phi) is 6.28. The zero-order valence-electron chi connectivity index (χ0n) is 14.1. The second kappa shape index (κ2) is 8.63. The molecular formula is C19H19NO5. The summed E-state index contributed by atoms with van der Waals surface area (Å²) in [4.78, 5) is 34.0. The predicted molar refractivity (Wildman–Crippen MR) is 92.8 cm³/mol. The fourth-order valence-electron chi connectivity index (χ4n) is 2.03. The van der Waals surface area contributed by atoms with Crippen LogP contribution >= 0.6 is 0 Å². The van der Waals surface area contributed by atoms with E-state index in [1.807, 2.05) is 32.0 Å². The minimum atomic E-state index is -0.657. The van der Waals surface area contributed by atoms with Crippen LogP contribution in [0.15, 0.2) is 42.5 Å². The van der Waals surface area contributed by atoms with E-state index in [1.165, 1.54) is 0 Å². The molecule has 6 nitrogen and oxygen atoms in total. The molecule has 0 aromatic heterocycles. The van der Waals surface area contributed by atoms with E-state index in [4.69, 9.17) is 9.47 Å². The normalized spacial score (nSPS) is 10.0. The zero-order valence-corrected chi connectivity index (χ0v) is 14.1. The lowest BCUT2D eigenvalue weighted by molar-refractivity contribution is -0.149. The lowest BCUT2D eigenvalue weighted by Gasteiger charge is -2.10. The molecule has 0 aliphatic rings. The number of aryl methyl sites for hydroxylation is 2. The topological polar surface area (TPSA) is 81.7 Å². The van der Waals surface area contributed by atoms with Crippen LogP contribution in [0.1, 0.15) is 21.5 Å². The Morgan fingerprint density at radius 1 is 1.04 bits per heavy atom. The highest BCUT2D eigenvalue weighted by Crippen LogP contribution is 2.16. The molecule has 0 saturated carbocycles. The predicted octanol–water partition coefficient (Wildman–Crippen LogP) is 2.68. The number of esters is 1. The van der Waals surface area contributed by atoms with Gasteiger partial charge in [0.15, 0.2) is 13.2 Å². The summed E-state index contributed by atoms with van der Waals surface area (Å²) >= 11 is 0. The molecule has 0 atom stereocenters. The highest BCUT2D eigenvalue weighted by molar-refractivity contribution is 5.93. The third kappa shape index (κ3) is 5.76. The largest absolute Gasteiger partial charge is 0.482 e. The third-order valence-electron chi connectivity index (χ3n) is 3.40. The van der Waals surface area contributed by atoms with E-state index in [9.17, 15) is 14.4 Å². The number of hydrogen-bond donors (Lipinski definition) is 1. The molecule has 0 aliphatic heterocycles. The summed E-state index contributed by atoms with van der Waals surface area (Å²) in [6, 6.07) is 12.0. The molecule has 0 bridgehead atoms. The molecule has 0 fully saturated rings. The molecule has 0 spiro atoms. The fourth-order valence-corrected chi connectivity index (χ4v) is 2.03. The summed E-state index contributed by atoms with van der Waals surface area (Å²) in [5, 5.41) is 2.70. The standard InChI is InChI=1S/C19H19NO5/c1-13-3-4-14(2)17(9-13)20-18(22)11-25-19(23)12-24-16-7-5-15(10-21)6-8-16/h3-10H,11-12H2,1-2H3,(H,20,22). The van der Waals surface area contributed by atoms with Gasteiger partial charge in [0, 0.05) is 11.3 Å². The van der Waals surface area contributed by atoms with Crippen LogP contribution in [0.3, 0.4) is 0 Å². The Labute approximate surface area is 145 Å². The van der Waals surface area contributed by atoms with Gasteiger partial charge in [-0.1, -0.05) is 12.1 Å². The molecule has 0 radical (unpaired) electrons. The van der Waals surface area contributed by atoms with Crippen molar-refractivity contribution in [1.82, 2.24) is 0 Å². The number of benzene rings is 2. The van der Waals surface area contributed by atoms with Gasteiger partial charge in [-0.15, -0.1) is 0 Å². The number of carbonyl (C=O) groups excluding carboxylic acids is 3. The number of rotatable bonds is 7. The van der Waals surface area contributed by atoms with E-state index in [1.54, 1.807) is 24.3 Å². The summed E-state index contributed by atoms with van der Waals surface area (Å²) in [7, 11) is 0. The Balaban J connectivity index is 1.76. The summed E-state index contributed by atoms with van der Waals surface area (Å²) < 4.78 is 10.1. The Morgan fingerprint density at radius 3 is 2.44 bits per heavy atom. The molecule has 1 amide bonds. The highest BCUT2D eigenvalue weighted by Gasteiger charge is 2.10. The minimum absolute atomic E-state index is 0.322. The van der Waals surface area contributed by atoms with E-state index in [-0.39, 0.29) is 13.2 Å². The Bertz CT molecular complexity index is 768. The molecule has 0 heterocycles. The molecule has 0 aliphatic carbocycles. The first-order valence-electron chi connectivity index (χ1n) is 7.68. The van der Waals surface area contributed by atoms with Crippen LogP contribution in [-0.4, -0.2) is 31.4 Å². The molecule has 1 N–H and O–H groups in total. The second-order valence-electron chi connectivity index (χ2n) is 5.50. The van der Waals surface area contributed by atoms with Crippen molar-refractivity contribution in [2.75, 3.05) is 18.5 Å². The zero-order chi connectivity index (χ0) is 18.2. The van der Waals surface area contributed by atoms with Crippen LogP contribution in [0.25, 0.3) is 0 Å². The van der Waals surface area contributed by atoms with Crippen molar-refractivity contribution in [3.63, 3.8) is 0 Å². The van der Waals surface area contributed by atoms with E-state index in [2.05, 4.69) is 5.32 Å². The van der Waals surface area contributed by atoms with E-state index >= 15 is 0 Å². The Morgan fingerprint density at radius 2 is 1.76 bits per heavy atom. The summed E-state index contributed by atoms with van der Waals surface area (Å²) in [6.45, 7) is 3.09. The molecule has 2 aromatic carbocycles. The van der Waals surface area contributed by atoms with Crippen molar-refractivity contribution >= 4 is 23.9 Å². The smallest absolute Gasteiger partial charge is 0.344 e. The lowest BCUT2D eigenvalue weighted by Crippen LogP contribution is -2.24.